The number of nitrogens with two attached hydrogens (primary N) is 1. The molecule has 0 fully saturated rings. The van der Waals surface area contributed by atoms with E-state index >= 15 is 0 Å². The van der Waals surface area contributed by atoms with Crippen LogP contribution in [-0.2, 0) is 0 Å². The molecule has 2 aromatic heterocycles. The van der Waals surface area contributed by atoms with Gasteiger partial charge in [0.25, 0.3) is 0 Å². The summed E-state index contributed by atoms with van der Waals surface area (Å²) in [7, 11) is 0. The summed E-state index contributed by atoms with van der Waals surface area (Å²) in [6.07, 6.45) is 1.48. The Hall–Kier alpha value is -1.62. The largest absolute Gasteiger partial charge is 0.384 e. The van der Waals surface area contributed by atoms with Crippen molar-refractivity contribution >= 4 is 23.0 Å². The van der Waals surface area contributed by atoms with Gasteiger partial charge in [-0.25, -0.2) is 9.97 Å². The first kappa shape index (κ1) is 11.9. The lowest BCUT2D eigenvalue weighted by molar-refractivity contribution is 0.552. The van der Waals surface area contributed by atoms with Crippen LogP contribution in [0.2, 0.25) is 0 Å². The molecule has 0 amide bonds. The molecule has 4 nitrogen and oxygen atoms in total. The van der Waals surface area contributed by atoms with Crippen LogP contribution in [0.15, 0.2) is 29.9 Å². The quantitative estimate of drug-likeness (QED) is 0.873. The zero-order chi connectivity index (χ0) is 12.3. The molecular formula is C12H16N4S. The molecule has 0 saturated carbocycles. The van der Waals surface area contributed by atoms with Gasteiger partial charge in [-0.15, -0.1) is 11.3 Å². The van der Waals surface area contributed by atoms with Gasteiger partial charge in [0.05, 0.1) is 6.04 Å². The van der Waals surface area contributed by atoms with Crippen LogP contribution in [-0.4, -0.2) is 9.97 Å². The topological polar surface area (TPSA) is 63.8 Å². The molecule has 0 saturated heterocycles. The Morgan fingerprint density at radius 3 is 2.76 bits per heavy atom. The highest BCUT2D eigenvalue weighted by Crippen LogP contribution is 2.29. The third kappa shape index (κ3) is 2.94. The predicted molar refractivity (Wildman–Crippen MR) is 72.0 cm³/mol. The third-order valence-electron chi connectivity index (χ3n) is 2.51. The lowest BCUT2D eigenvalue weighted by Crippen LogP contribution is -2.16. The van der Waals surface area contributed by atoms with E-state index in [9.17, 15) is 0 Å². The van der Waals surface area contributed by atoms with Crippen molar-refractivity contribution in [2.75, 3.05) is 11.1 Å². The first-order valence-electron chi connectivity index (χ1n) is 5.54. The van der Waals surface area contributed by atoms with Crippen molar-refractivity contribution in [2.24, 2.45) is 5.92 Å². The van der Waals surface area contributed by atoms with Gasteiger partial charge in [0, 0.05) is 10.9 Å². The zero-order valence-electron chi connectivity index (χ0n) is 9.92. The fourth-order valence-corrected chi connectivity index (χ4v) is 2.59. The van der Waals surface area contributed by atoms with Crippen molar-refractivity contribution in [1.29, 1.82) is 0 Å². The minimum absolute atomic E-state index is 0.254. The van der Waals surface area contributed by atoms with E-state index in [-0.39, 0.29) is 6.04 Å². The van der Waals surface area contributed by atoms with Crippen molar-refractivity contribution in [3.05, 3.63) is 34.8 Å². The lowest BCUT2D eigenvalue weighted by atomic mass is 10.0. The van der Waals surface area contributed by atoms with E-state index in [1.165, 1.54) is 11.2 Å². The predicted octanol–water partition coefficient (Wildman–Crippen LogP) is 2.93. The van der Waals surface area contributed by atoms with Crippen LogP contribution < -0.4 is 11.1 Å². The Morgan fingerprint density at radius 1 is 1.35 bits per heavy atom. The number of nitrogens with zero attached hydrogens (tertiary/aromatic N) is 2. The molecule has 1 unspecified atom stereocenters. The maximum atomic E-state index is 5.64. The van der Waals surface area contributed by atoms with E-state index in [1.807, 2.05) is 0 Å². The highest BCUT2D eigenvalue weighted by molar-refractivity contribution is 7.10. The second-order valence-corrected chi connectivity index (χ2v) is 5.19. The maximum Gasteiger partial charge on any atom is 0.131 e. The van der Waals surface area contributed by atoms with Crippen LogP contribution in [0.1, 0.15) is 24.8 Å². The highest BCUT2D eigenvalue weighted by Gasteiger charge is 2.17. The Bertz CT molecular complexity index is 467. The molecule has 0 aromatic carbocycles. The standard InChI is InChI=1S/C12H16N4S/c1-8(2)12(9-4-3-5-17-9)16-11-6-10(13)14-7-15-11/h3-8,12H,1-2H3,(H3,13,14,15,16). The molecule has 3 N–H and O–H groups in total. The molecule has 5 heteroatoms. The minimum Gasteiger partial charge on any atom is -0.384 e. The van der Waals surface area contributed by atoms with Gasteiger partial charge in [-0.1, -0.05) is 19.9 Å². The van der Waals surface area contributed by atoms with Crippen LogP contribution in [0.3, 0.4) is 0 Å². The highest BCUT2D eigenvalue weighted by atomic mass is 32.1. The van der Waals surface area contributed by atoms with Crippen molar-refractivity contribution in [1.82, 2.24) is 9.97 Å². The Kier molecular flexibility index (Phi) is 3.58. The molecule has 2 aromatic rings. The van der Waals surface area contributed by atoms with E-state index in [0.29, 0.717) is 11.7 Å². The second kappa shape index (κ2) is 5.14. The Balaban J connectivity index is 2.19. The van der Waals surface area contributed by atoms with Crippen molar-refractivity contribution < 1.29 is 0 Å². The van der Waals surface area contributed by atoms with Gasteiger partial charge in [0.1, 0.15) is 18.0 Å². The molecule has 17 heavy (non-hydrogen) atoms. The molecule has 0 bridgehead atoms. The summed E-state index contributed by atoms with van der Waals surface area (Å²) in [6.45, 7) is 4.36. The summed E-state index contributed by atoms with van der Waals surface area (Å²) in [5.74, 6) is 1.73. The second-order valence-electron chi connectivity index (χ2n) is 4.21. The molecule has 0 radical (unpaired) electrons. The first-order chi connectivity index (χ1) is 8.16. The van der Waals surface area contributed by atoms with Crippen LogP contribution in [0.25, 0.3) is 0 Å². The average molecular weight is 248 g/mol. The molecule has 2 heterocycles. The van der Waals surface area contributed by atoms with E-state index in [4.69, 9.17) is 5.73 Å². The van der Waals surface area contributed by atoms with E-state index < -0.39 is 0 Å². The summed E-state index contributed by atoms with van der Waals surface area (Å²) in [5, 5.41) is 5.49. The monoisotopic (exact) mass is 248 g/mol. The molecule has 0 aliphatic heterocycles. The number of hydrogen-bond acceptors (Lipinski definition) is 5. The number of rotatable bonds is 4. The number of thiophene rings is 1. The van der Waals surface area contributed by atoms with Crippen LogP contribution in [0.4, 0.5) is 11.6 Å². The van der Waals surface area contributed by atoms with Gasteiger partial charge < -0.3 is 11.1 Å². The molecule has 0 aliphatic rings. The number of nitrogens with one attached hydrogen (secondary N) is 1. The van der Waals surface area contributed by atoms with E-state index in [0.717, 1.165) is 5.82 Å². The normalized spacial score (nSPS) is 12.6. The maximum absolute atomic E-state index is 5.64. The summed E-state index contributed by atoms with van der Waals surface area (Å²) in [4.78, 5) is 9.36. The SMILES string of the molecule is CC(C)C(Nc1cc(N)ncn1)c1cccs1. The molecule has 1 atom stereocenters. The molecule has 90 valence electrons. The van der Waals surface area contributed by atoms with Gasteiger partial charge in [-0.3, -0.25) is 0 Å². The first-order valence-corrected chi connectivity index (χ1v) is 6.42. The van der Waals surface area contributed by atoms with Crippen LogP contribution in [0.5, 0.6) is 0 Å². The van der Waals surface area contributed by atoms with Gasteiger partial charge in [-0.05, 0) is 17.4 Å². The number of hydrogen-bond donors (Lipinski definition) is 2. The molecule has 0 aliphatic carbocycles. The average Bonchev–Trinajstić information content (AvgIpc) is 2.78. The van der Waals surface area contributed by atoms with Gasteiger partial charge in [-0.2, -0.15) is 0 Å². The summed E-state index contributed by atoms with van der Waals surface area (Å²) in [6, 6.07) is 6.20. The number of nitrogen functional groups attached to an aromatic ring is 1. The minimum atomic E-state index is 0.254. The van der Waals surface area contributed by atoms with Crippen molar-refractivity contribution in [3.63, 3.8) is 0 Å². The molecular weight excluding hydrogens is 232 g/mol. The van der Waals surface area contributed by atoms with Gasteiger partial charge in [0.2, 0.25) is 0 Å². The van der Waals surface area contributed by atoms with E-state index in [1.54, 1.807) is 17.4 Å². The third-order valence-corrected chi connectivity index (χ3v) is 3.46. The van der Waals surface area contributed by atoms with E-state index in [2.05, 4.69) is 46.6 Å². The summed E-state index contributed by atoms with van der Waals surface area (Å²) < 4.78 is 0. The number of aromatic nitrogens is 2. The summed E-state index contributed by atoms with van der Waals surface area (Å²) in [5.41, 5.74) is 5.64. The molecule has 0 spiro atoms. The van der Waals surface area contributed by atoms with Crippen LogP contribution in [0, 0.1) is 5.92 Å². The van der Waals surface area contributed by atoms with Crippen molar-refractivity contribution in [2.45, 2.75) is 19.9 Å². The smallest absolute Gasteiger partial charge is 0.131 e. The van der Waals surface area contributed by atoms with Crippen molar-refractivity contribution in [3.8, 4) is 0 Å². The molecule has 2 rings (SSSR count). The Labute approximate surface area is 105 Å². The zero-order valence-corrected chi connectivity index (χ0v) is 10.7. The lowest BCUT2D eigenvalue weighted by Gasteiger charge is -2.21. The van der Waals surface area contributed by atoms with Gasteiger partial charge >= 0.3 is 0 Å². The fraction of sp³-hybridized carbons (Fsp3) is 0.333. The fourth-order valence-electron chi connectivity index (χ4n) is 1.65. The Morgan fingerprint density at radius 2 is 2.18 bits per heavy atom. The van der Waals surface area contributed by atoms with Gasteiger partial charge in [0.15, 0.2) is 0 Å². The number of anilines is 2. The van der Waals surface area contributed by atoms with Crippen LogP contribution >= 0.6 is 11.3 Å². The summed E-state index contributed by atoms with van der Waals surface area (Å²) >= 11 is 1.75.